The molecule has 0 saturated carbocycles. The second kappa shape index (κ2) is 6.81. The van der Waals surface area contributed by atoms with Crippen molar-refractivity contribution in [3.63, 3.8) is 0 Å². The van der Waals surface area contributed by atoms with E-state index in [1.54, 1.807) is 31.4 Å². The topological polar surface area (TPSA) is 55.4 Å². The minimum atomic E-state index is -0.0439. The number of ketones is 1. The maximum Gasteiger partial charge on any atom is 0.224 e. The van der Waals surface area contributed by atoms with E-state index in [-0.39, 0.29) is 11.7 Å². The lowest BCUT2D eigenvalue weighted by atomic mass is 10.1. The van der Waals surface area contributed by atoms with Crippen LogP contribution in [0.4, 0.5) is 5.69 Å². The van der Waals surface area contributed by atoms with Crippen molar-refractivity contribution in [1.29, 1.82) is 0 Å². The number of ether oxygens (including phenoxy) is 1. The van der Waals surface area contributed by atoms with Gasteiger partial charge in [0.15, 0.2) is 5.78 Å². The summed E-state index contributed by atoms with van der Waals surface area (Å²) < 4.78 is 4.87. The van der Waals surface area contributed by atoms with Crippen molar-refractivity contribution in [3.05, 3.63) is 29.8 Å². The highest BCUT2D eigenvalue weighted by molar-refractivity contribution is 5.95. The lowest BCUT2D eigenvalue weighted by Crippen LogP contribution is -2.12. The van der Waals surface area contributed by atoms with Crippen molar-refractivity contribution < 1.29 is 14.3 Å². The minimum absolute atomic E-state index is 0.0166. The Hall–Kier alpha value is -1.68. The van der Waals surface area contributed by atoms with Gasteiger partial charge in [0.25, 0.3) is 0 Å². The van der Waals surface area contributed by atoms with E-state index in [0.717, 1.165) is 0 Å². The van der Waals surface area contributed by atoms with E-state index in [4.69, 9.17) is 4.74 Å². The summed E-state index contributed by atoms with van der Waals surface area (Å²) >= 11 is 0. The molecule has 92 valence electrons. The van der Waals surface area contributed by atoms with Gasteiger partial charge in [0.1, 0.15) is 0 Å². The second-order valence-corrected chi connectivity index (χ2v) is 3.78. The van der Waals surface area contributed by atoms with Crippen molar-refractivity contribution in [2.75, 3.05) is 19.0 Å². The number of hydrogen-bond donors (Lipinski definition) is 1. The number of methoxy groups -OCH3 is 1. The van der Waals surface area contributed by atoms with Crippen molar-refractivity contribution in [1.82, 2.24) is 0 Å². The smallest absolute Gasteiger partial charge is 0.224 e. The van der Waals surface area contributed by atoms with Crippen LogP contribution in [0.5, 0.6) is 0 Å². The van der Waals surface area contributed by atoms with Crippen LogP contribution in [-0.2, 0) is 9.53 Å². The molecule has 0 bridgehead atoms. The molecule has 0 spiro atoms. The van der Waals surface area contributed by atoms with Gasteiger partial charge in [-0.3, -0.25) is 9.59 Å². The molecular formula is C13H17NO3. The molecule has 0 aromatic heterocycles. The van der Waals surface area contributed by atoms with Crippen LogP contribution in [0.25, 0.3) is 0 Å². The molecule has 0 heterocycles. The van der Waals surface area contributed by atoms with Crippen LogP contribution in [0, 0.1) is 0 Å². The fraction of sp³-hybridized carbons (Fsp3) is 0.385. The van der Waals surface area contributed by atoms with Crippen LogP contribution in [0.3, 0.4) is 0 Å². The number of amides is 1. The number of rotatable bonds is 6. The first kappa shape index (κ1) is 13.4. The maximum atomic E-state index is 11.5. The van der Waals surface area contributed by atoms with Gasteiger partial charge in [-0.2, -0.15) is 0 Å². The molecule has 1 aromatic rings. The predicted octanol–water partition coefficient (Wildman–Crippen LogP) is 2.25. The summed E-state index contributed by atoms with van der Waals surface area (Å²) in [6.07, 6.45) is 1.14. The number of carbonyl (C=O) groups is 2. The van der Waals surface area contributed by atoms with Crippen LogP contribution in [0.1, 0.15) is 30.1 Å². The Labute approximate surface area is 101 Å². The highest BCUT2D eigenvalue weighted by Crippen LogP contribution is 2.10. The van der Waals surface area contributed by atoms with Crippen LogP contribution < -0.4 is 5.32 Å². The summed E-state index contributed by atoms with van der Waals surface area (Å²) in [7, 11) is 1.61. The summed E-state index contributed by atoms with van der Waals surface area (Å²) in [5, 5.41) is 2.76. The summed E-state index contributed by atoms with van der Waals surface area (Å²) in [6, 6.07) is 6.86. The molecule has 1 N–H and O–H groups in total. The first-order valence-electron chi connectivity index (χ1n) is 5.53. The molecule has 0 aliphatic heterocycles. The van der Waals surface area contributed by atoms with Crippen LogP contribution in [0.2, 0.25) is 0 Å². The molecule has 1 rings (SSSR count). The maximum absolute atomic E-state index is 11.5. The minimum Gasteiger partial charge on any atom is -0.385 e. The van der Waals surface area contributed by atoms with Crippen molar-refractivity contribution >= 4 is 17.4 Å². The molecule has 4 nitrogen and oxygen atoms in total. The van der Waals surface area contributed by atoms with Gasteiger partial charge in [-0.1, -0.05) is 0 Å². The zero-order valence-electron chi connectivity index (χ0n) is 10.2. The van der Waals surface area contributed by atoms with Gasteiger partial charge in [-0.15, -0.1) is 0 Å². The van der Waals surface area contributed by atoms with Gasteiger partial charge in [-0.05, 0) is 37.6 Å². The number of hydrogen-bond acceptors (Lipinski definition) is 3. The molecule has 17 heavy (non-hydrogen) atoms. The molecule has 0 aliphatic carbocycles. The summed E-state index contributed by atoms with van der Waals surface area (Å²) in [5.41, 5.74) is 1.35. The Kier molecular flexibility index (Phi) is 5.36. The first-order chi connectivity index (χ1) is 8.13. The second-order valence-electron chi connectivity index (χ2n) is 3.78. The van der Waals surface area contributed by atoms with Crippen LogP contribution >= 0.6 is 0 Å². The summed E-state index contributed by atoms with van der Waals surface area (Å²) in [5.74, 6) is -0.0272. The largest absolute Gasteiger partial charge is 0.385 e. The monoisotopic (exact) mass is 235 g/mol. The average Bonchev–Trinajstić information content (AvgIpc) is 2.30. The lowest BCUT2D eigenvalue weighted by Gasteiger charge is -2.05. The van der Waals surface area contributed by atoms with Gasteiger partial charge in [0.05, 0.1) is 0 Å². The number of benzene rings is 1. The van der Waals surface area contributed by atoms with Gasteiger partial charge in [0.2, 0.25) is 5.91 Å². The molecule has 1 amide bonds. The lowest BCUT2D eigenvalue weighted by molar-refractivity contribution is -0.116. The van der Waals surface area contributed by atoms with E-state index < -0.39 is 0 Å². The number of carbonyl (C=O) groups excluding carboxylic acids is 2. The van der Waals surface area contributed by atoms with Gasteiger partial charge < -0.3 is 10.1 Å². The molecule has 0 aliphatic rings. The summed E-state index contributed by atoms with van der Waals surface area (Å²) in [6.45, 7) is 2.09. The molecule has 0 saturated heterocycles. The Morgan fingerprint density at radius 2 is 1.88 bits per heavy atom. The third-order valence-electron chi connectivity index (χ3n) is 2.33. The fourth-order valence-corrected chi connectivity index (χ4v) is 1.39. The normalized spacial score (nSPS) is 10.0. The molecule has 0 radical (unpaired) electrons. The standard InChI is InChI=1S/C13H17NO3/c1-10(15)11-5-7-12(8-6-11)14-13(16)4-3-9-17-2/h5-8H,3-4,9H2,1-2H3,(H,14,16). The third kappa shape index (κ3) is 4.78. The van der Waals surface area contributed by atoms with E-state index in [9.17, 15) is 9.59 Å². The predicted molar refractivity (Wildman–Crippen MR) is 66.2 cm³/mol. The van der Waals surface area contributed by atoms with Gasteiger partial charge in [-0.25, -0.2) is 0 Å². The molecule has 4 heteroatoms. The zero-order valence-corrected chi connectivity index (χ0v) is 10.2. The Bertz CT molecular complexity index is 384. The highest BCUT2D eigenvalue weighted by Gasteiger charge is 2.03. The van der Waals surface area contributed by atoms with Crippen molar-refractivity contribution in [2.45, 2.75) is 19.8 Å². The van der Waals surface area contributed by atoms with E-state index in [1.807, 2.05) is 0 Å². The SMILES string of the molecule is COCCCC(=O)Nc1ccc(C(C)=O)cc1. The van der Waals surface area contributed by atoms with Crippen LogP contribution in [-0.4, -0.2) is 25.4 Å². The molecule has 0 fully saturated rings. The van der Waals surface area contributed by atoms with E-state index >= 15 is 0 Å². The van der Waals surface area contributed by atoms with Gasteiger partial charge >= 0.3 is 0 Å². The van der Waals surface area contributed by atoms with Crippen molar-refractivity contribution in [2.24, 2.45) is 0 Å². The fourth-order valence-electron chi connectivity index (χ4n) is 1.39. The number of anilines is 1. The van der Waals surface area contributed by atoms with E-state index in [2.05, 4.69) is 5.32 Å². The quantitative estimate of drug-likeness (QED) is 0.607. The number of nitrogens with one attached hydrogen (secondary N) is 1. The molecule has 0 atom stereocenters. The van der Waals surface area contributed by atoms with E-state index in [1.165, 1.54) is 6.92 Å². The molecular weight excluding hydrogens is 218 g/mol. The molecule has 0 unspecified atom stereocenters. The summed E-state index contributed by atoms with van der Waals surface area (Å²) in [4.78, 5) is 22.5. The Morgan fingerprint density at radius 3 is 2.41 bits per heavy atom. The first-order valence-corrected chi connectivity index (χ1v) is 5.53. The van der Waals surface area contributed by atoms with Crippen LogP contribution in [0.15, 0.2) is 24.3 Å². The number of Topliss-reactive ketones (excluding diaryl/α,β-unsaturated/α-hetero) is 1. The zero-order chi connectivity index (χ0) is 12.7. The highest BCUT2D eigenvalue weighted by atomic mass is 16.5. The Morgan fingerprint density at radius 1 is 1.24 bits per heavy atom. The van der Waals surface area contributed by atoms with Crippen molar-refractivity contribution in [3.8, 4) is 0 Å². The van der Waals surface area contributed by atoms with Gasteiger partial charge in [0, 0.05) is 31.4 Å². The third-order valence-corrected chi connectivity index (χ3v) is 2.33. The van der Waals surface area contributed by atoms with E-state index in [0.29, 0.717) is 30.7 Å². The average molecular weight is 235 g/mol. The molecule has 1 aromatic carbocycles. The Balaban J connectivity index is 2.46.